The van der Waals surface area contributed by atoms with E-state index in [2.05, 4.69) is 36.6 Å². The smallest absolute Gasteiger partial charge is 0.307 e. The highest BCUT2D eigenvalue weighted by Crippen LogP contribution is 2.32. The predicted octanol–water partition coefficient (Wildman–Crippen LogP) is 2.36. The molecule has 16 heavy (non-hydrogen) atoms. The third-order valence-corrected chi connectivity index (χ3v) is 3.25. The molecule has 0 saturated heterocycles. The predicted molar refractivity (Wildman–Crippen MR) is 69.8 cm³/mol. The van der Waals surface area contributed by atoms with Crippen LogP contribution in [-0.2, 0) is 9.53 Å². The molecule has 4 nitrogen and oxygen atoms in total. The first-order chi connectivity index (χ1) is 7.45. The van der Waals surface area contributed by atoms with Crippen molar-refractivity contribution < 1.29 is 9.53 Å². The fourth-order valence-electron chi connectivity index (χ4n) is 1.28. The van der Waals surface area contributed by atoms with Crippen molar-refractivity contribution in [3.63, 3.8) is 0 Å². The summed E-state index contributed by atoms with van der Waals surface area (Å²) in [7, 11) is 1.33. The number of hydrogen-bond acceptors (Lipinski definition) is 4. The average Bonchev–Trinajstić information content (AvgIpc) is 2.22. The first-order valence-electron chi connectivity index (χ1n) is 4.52. The number of nitrogen functional groups attached to an aromatic ring is 1. The number of halogens is 2. The second kappa shape index (κ2) is 5.65. The van der Waals surface area contributed by atoms with Crippen LogP contribution >= 0.6 is 31.9 Å². The van der Waals surface area contributed by atoms with E-state index in [0.29, 0.717) is 11.3 Å². The number of carbonyl (C=O) groups is 1. The number of carbonyl (C=O) groups excluding carboxylic acids is 1. The van der Waals surface area contributed by atoms with Gasteiger partial charge in [-0.2, -0.15) is 0 Å². The van der Waals surface area contributed by atoms with Gasteiger partial charge in [0.1, 0.15) is 0 Å². The minimum Gasteiger partial charge on any atom is -0.469 e. The maximum Gasteiger partial charge on any atom is 0.307 e. The highest BCUT2D eigenvalue weighted by Gasteiger charge is 2.16. The molecule has 88 valence electrons. The SMILES string of the molecule is COC(=O)C[C@@H](N)c1cc(Br)cc(Br)c1N. The molecule has 0 unspecified atom stereocenters. The fraction of sp³-hybridized carbons (Fsp3) is 0.300. The molecule has 1 aromatic carbocycles. The fourth-order valence-corrected chi connectivity index (χ4v) is 2.54. The number of ether oxygens (including phenoxy) is 1. The van der Waals surface area contributed by atoms with Crippen molar-refractivity contribution in [1.29, 1.82) is 0 Å². The highest BCUT2D eigenvalue weighted by atomic mass is 79.9. The Morgan fingerprint density at radius 2 is 2.12 bits per heavy atom. The Morgan fingerprint density at radius 1 is 1.50 bits per heavy atom. The molecule has 0 aliphatic heterocycles. The van der Waals surface area contributed by atoms with Gasteiger partial charge in [0.25, 0.3) is 0 Å². The lowest BCUT2D eigenvalue weighted by molar-refractivity contribution is -0.141. The van der Waals surface area contributed by atoms with E-state index in [1.165, 1.54) is 7.11 Å². The molecule has 1 aromatic rings. The van der Waals surface area contributed by atoms with Gasteiger partial charge in [0.2, 0.25) is 0 Å². The third kappa shape index (κ3) is 3.20. The Hall–Kier alpha value is -0.590. The summed E-state index contributed by atoms with van der Waals surface area (Å²) in [5, 5.41) is 0. The number of anilines is 1. The zero-order valence-electron chi connectivity index (χ0n) is 8.67. The Balaban J connectivity index is 2.99. The second-order valence-corrected chi connectivity index (χ2v) is 5.05. The standard InChI is InChI=1S/C10H12Br2N2O2/c1-16-9(15)4-8(13)6-2-5(11)3-7(12)10(6)14/h2-3,8H,4,13-14H2,1H3/t8-/m1/s1. The van der Waals surface area contributed by atoms with Crippen LogP contribution in [0.2, 0.25) is 0 Å². The van der Waals surface area contributed by atoms with E-state index in [-0.39, 0.29) is 12.4 Å². The van der Waals surface area contributed by atoms with Crippen molar-refractivity contribution in [2.24, 2.45) is 5.73 Å². The Bertz CT molecular complexity index is 410. The van der Waals surface area contributed by atoms with Crippen LogP contribution in [0.25, 0.3) is 0 Å². The summed E-state index contributed by atoms with van der Waals surface area (Å²) in [6, 6.07) is 3.15. The monoisotopic (exact) mass is 350 g/mol. The quantitative estimate of drug-likeness (QED) is 0.647. The molecule has 0 amide bonds. The van der Waals surface area contributed by atoms with E-state index in [1.807, 2.05) is 6.07 Å². The molecule has 0 bridgehead atoms. The van der Waals surface area contributed by atoms with Crippen LogP contribution in [0.15, 0.2) is 21.1 Å². The molecule has 0 heterocycles. The lowest BCUT2D eigenvalue weighted by Crippen LogP contribution is -2.17. The molecule has 0 spiro atoms. The van der Waals surface area contributed by atoms with Gasteiger partial charge in [-0.05, 0) is 33.6 Å². The van der Waals surface area contributed by atoms with Crippen LogP contribution in [0.3, 0.4) is 0 Å². The Kier molecular flexibility index (Phi) is 4.76. The largest absolute Gasteiger partial charge is 0.469 e. The molecule has 0 aliphatic rings. The summed E-state index contributed by atoms with van der Waals surface area (Å²) < 4.78 is 6.16. The van der Waals surface area contributed by atoms with Crippen molar-refractivity contribution in [2.75, 3.05) is 12.8 Å². The van der Waals surface area contributed by atoms with Gasteiger partial charge >= 0.3 is 5.97 Å². The molecular formula is C10H12Br2N2O2. The molecule has 0 aromatic heterocycles. The number of benzene rings is 1. The Morgan fingerprint density at radius 3 is 2.69 bits per heavy atom. The van der Waals surface area contributed by atoms with Gasteiger partial charge in [0.15, 0.2) is 0 Å². The number of nitrogens with two attached hydrogens (primary N) is 2. The minimum absolute atomic E-state index is 0.101. The van der Waals surface area contributed by atoms with E-state index in [4.69, 9.17) is 11.5 Å². The van der Waals surface area contributed by atoms with Crippen LogP contribution in [-0.4, -0.2) is 13.1 Å². The van der Waals surface area contributed by atoms with Gasteiger partial charge in [-0.3, -0.25) is 4.79 Å². The number of rotatable bonds is 3. The topological polar surface area (TPSA) is 78.3 Å². The number of esters is 1. The van der Waals surface area contributed by atoms with Crippen LogP contribution in [0.1, 0.15) is 18.0 Å². The summed E-state index contributed by atoms with van der Waals surface area (Å²) in [6.07, 6.45) is 0.101. The molecule has 6 heteroatoms. The average molecular weight is 352 g/mol. The molecule has 4 N–H and O–H groups in total. The minimum atomic E-state index is -0.471. The molecule has 0 fully saturated rings. The van der Waals surface area contributed by atoms with E-state index in [1.54, 1.807) is 6.07 Å². The van der Waals surface area contributed by atoms with Crippen molar-refractivity contribution in [2.45, 2.75) is 12.5 Å². The zero-order valence-corrected chi connectivity index (χ0v) is 11.8. The van der Waals surface area contributed by atoms with Gasteiger partial charge in [-0.25, -0.2) is 0 Å². The number of hydrogen-bond donors (Lipinski definition) is 2. The molecule has 1 atom stereocenters. The van der Waals surface area contributed by atoms with Crippen LogP contribution in [0.4, 0.5) is 5.69 Å². The second-order valence-electron chi connectivity index (χ2n) is 3.28. The van der Waals surface area contributed by atoms with E-state index >= 15 is 0 Å². The van der Waals surface area contributed by atoms with Crippen LogP contribution < -0.4 is 11.5 Å². The normalized spacial score (nSPS) is 12.2. The first-order valence-corrected chi connectivity index (χ1v) is 6.11. The molecule has 1 rings (SSSR count). The zero-order chi connectivity index (χ0) is 12.3. The summed E-state index contributed by atoms with van der Waals surface area (Å²) in [6.45, 7) is 0. The lowest BCUT2D eigenvalue weighted by atomic mass is 10.0. The molecule has 0 aliphatic carbocycles. The van der Waals surface area contributed by atoms with Crippen molar-refractivity contribution in [1.82, 2.24) is 0 Å². The molecule has 0 saturated carbocycles. The van der Waals surface area contributed by atoms with Gasteiger partial charge in [0, 0.05) is 15.0 Å². The van der Waals surface area contributed by atoms with Crippen molar-refractivity contribution in [3.05, 3.63) is 26.6 Å². The van der Waals surface area contributed by atoms with Crippen LogP contribution in [0, 0.1) is 0 Å². The van der Waals surface area contributed by atoms with E-state index in [0.717, 1.165) is 8.95 Å². The highest BCUT2D eigenvalue weighted by molar-refractivity contribution is 9.11. The summed E-state index contributed by atoms with van der Waals surface area (Å²) in [5.41, 5.74) is 13.0. The van der Waals surface area contributed by atoms with Gasteiger partial charge in [-0.1, -0.05) is 15.9 Å². The summed E-state index contributed by atoms with van der Waals surface area (Å²) in [5.74, 6) is -0.358. The number of methoxy groups -OCH3 is 1. The lowest BCUT2D eigenvalue weighted by Gasteiger charge is -2.15. The van der Waals surface area contributed by atoms with Crippen molar-refractivity contribution in [3.8, 4) is 0 Å². The maximum atomic E-state index is 11.1. The maximum absolute atomic E-state index is 11.1. The van der Waals surface area contributed by atoms with Crippen LogP contribution in [0.5, 0.6) is 0 Å². The third-order valence-electron chi connectivity index (χ3n) is 2.14. The molecule has 0 radical (unpaired) electrons. The molecular weight excluding hydrogens is 340 g/mol. The van der Waals surface area contributed by atoms with Crippen molar-refractivity contribution >= 4 is 43.5 Å². The van der Waals surface area contributed by atoms with E-state index < -0.39 is 6.04 Å². The Labute approximate surface area is 111 Å². The van der Waals surface area contributed by atoms with E-state index in [9.17, 15) is 4.79 Å². The van der Waals surface area contributed by atoms with Gasteiger partial charge in [0.05, 0.1) is 19.2 Å². The first kappa shape index (κ1) is 13.5. The van der Waals surface area contributed by atoms with Gasteiger partial charge < -0.3 is 16.2 Å². The summed E-state index contributed by atoms with van der Waals surface area (Å²) >= 11 is 6.66. The summed E-state index contributed by atoms with van der Waals surface area (Å²) in [4.78, 5) is 11.1. The van der Waals surface area contributed by atoms with Gasteiger partial charge in [-0.15, -0.1) is 0 Å².